The third-order valence-electron chi connectivity index (χ3n) is 8.87. The third kappa shape index (κ3) is 7.57. The maximum absolute atomic E-state index is 15.9. The van der Waals surface area contributed by atoms with E-state index in [1.807, 2.05) is 146 Å². The van der Waals surface area contributed by atoms with Crippen LogP contribution in [0.4, 0.5) is 0 Å². The number of hydrogen-bond acceptors (Lipinski definition) is 4. The minimum Gasteiger partial charge on any atom is -0.385 e. The maximum atomic E-state index is 15.9. The molecule has 0 atom stereocenters. The van der Waals surface area contributed by atoms with Gasteiger partial charge in [0.25, 0.3) is 0 Å². The van der Waals surface area contributed by atoms with Crippen LogP contribution in [-0.4, -0.2) is 0 Å². The highest BCUT2D eigenvalue weighted by Crippen LogP contribution is 2.57. The topological polar surface area (TPSA) is 44.8 Å². The number of rotatable bonds is 12. The lowest BCUT2D eigenvalue weighted by atomic mass is 9.96. The summed E-state index contributed by atoms with van der Waals surface area (Å²) in [5.41, 5.74) is 7.96. The fourth-order valence-corrected chi connectivity index (χ4v) is 7.65. The first-order valence-corrected chi connectivity index (χ1v) is 18.8. The largest absolute Gasteiger partial charge is 0.647 e. The molecule has 254 valence electrons. The Balaban J connectivity index is 1.61. The van der Waals surface area contributed by atoms with Crippen LogP contribution in [0, 0.1) is 0 Å². The van der Waals surface area contributed by atoms with Crippen molar-refractivity contribution >= 4 is 7.82 Å². The highest BCUT2D eigenvalue weighted by atomic mass is 31.2. The molecule has 0 radical (unpaired) electrons. The Morgan fingerprint density at radius 1 is 0.360 bits per heavy atom. The number of phosphoric acid groups is 1. The highest BCUT2D eigenvalue weighted by Gasteiger charge is 2.39. The number of benzene rings is 6. The summed E-state index contributed by atoms with van der Waals surface area (Å²) >= 11 is 0. The first-order valence-electron chi connectivity index (χ1n) is 17.4. The summed E-state index contributed by atoms with van der Waals surface area (Å²) in [5.74, 6) is 1.61. The summed E-state index contributed by atoms with van der Waals surface area (Å²) in [6.45, 7) is 12.6. The molecule has 0 spiro atoms. The molecule has 6 rings (SSSR count). The summed E-state index contributed by atoms with van der Waals surface area (Å²) in [5, 5.41) is 0. The Morgan fingerprint density at radius 2 is 0.620 bits per heavy atom. The molecule has 5 heteroatoms. The molecule has 0 N–H and O–H groups in total. The SMILES string of the molecule is CC(C)c1cccc(-c2ccccc2)c1OP(=O)(Oc1c(-c2ccccc2)cccc1C(C)C)Oc1c(-c2ccccc2)cccc1C(C)C. The van der Waals surface area contributed by atoms with Gasteiger partial charge in [0.15, 0.2) is 0 Å². The summed E-state index contributed by atoms with van der Waals surface area (Å²) < 4.78 is 36.5. The van der Waals surface area contributed by atoms with E-state index in [4.69, 9.17) is 13.6 Å². The van der Waals surface area contributed by atoms with Crippen molar-refractivity contribution < 1.29 is 18.1 Å². The van der Waals surface area contributed by atoms with E-state index in [2.05, 4.69) is 41.5 Å². The third-order valence-corrected chi connectivity index (χ3v) is 10.1. The zero-order chi connectivity index (χ0) is 35.3. The van der Waals surface area contributed by atoms with Crippen LogP contribution >= 0.6 is 7.82 Å². The van der Waals surface area contributed by atoms with Crippen LogP contribution in [0.5, 0.6) is 17.2 Å². The Morgan fingerprint density at radius 3 is 0.860 bits per heavy atom. The summed E-state index contributed by atoms with van der Waals surface area (Å²) in [4.78, 5) is 0. The van der Waals surface area contributed by atoms with E-state index < -0.39 is 7.82 Å². The van der Waals surface area contributed by atoms with Gasteiger partial charge in [0.2, 0.25) is 0 Å². The molecule has 0 amide bonds. The molecule has 0 heterocycles. The van der Waals surface area contributed by atoms with E-state index >= 15 is 4.57 Å². The quantitative estimate of drug-likeness (QED) is 0.121. The van der Waals surface area contributed by atoms with E-state index in [9.17, 15) is 0 Å². The summed E-state index contributed by atoms with van der Waals surface area (Å²) in [6.07, 6.45) is 0. The zero-order valence-corrected chi connectivity index (χ0v) is 30.6. The van der Waals surface area contributed by atoms with Crippen molar-refractivity contribution in [3.8, 4) is 50.6 Å². The molecule has 0 aliphatic carbocycles. The molecule has 0 aliphatic rings. The van der Waals surface area contributed by atoms with Crippen LogP contribution in [0.1, 0.15) is 76.0 Å². The predicted octanol–water partition coefficient (Wildman–Crippen LogP) is 13.7. The Hall–Kier alpha value is -5.05. The lowest BCUT2D eigenvalue weighted by Crippen LogP contribution is -2.13. The normalized spacial score (nSPS) is 11.6. The highest BCUT2D eigenvalue weighted by molar-refractivity contribution is 7.49. The van der Waals surface area contributed by atoms with E-state index in [1.165, 1.54) is 0 Å². The summed E-state index contributed by atoms with van der Waals surface area (Å²) in [7, 11) is -4.53. The van der Waals surface area contributed by atoms with Crippen molar-refractivity contribution in [2.24, 2.45) is 0 Å². The van der Waals surface area contributed by atoms with Crippen LogP contribution in [-0.2, 0) is 4.57 Å². The van der Waals surface area contributed by atoms with Crippen molar-refractivity contribution in [3.05, 3.63) is 162 Å². The zero-order valence-electron chi connectivity index (χ0n) is 29.7. The van der Waals surface area contributed by atoms with Gasteiger partial charge in [0.05, 0.1) is 0 Å². The molecule has 0 aromatic heterocycles. The van der Waals surface area contributed by atoms with Crippen LogP contribution in [0.2, 0.25) is 0 Å². The number of hydrogen-bond donors (Lipinski definition) is 0. The molecule has 4 nitrogen and oxygen atoms in total. The van der Waals surface area contributed by atoms with E-state index in [0.717, 1.165) is 50.1 Å². The van der Waals surface area contributed by atoms with Crippen molar-refractivity contribution in [3.63, 3.8) is 0 Å². The van der Waals surface area contributed by atoms with Gasteiger partial charge >= 0.3 is 7.82 Å². The number of phosphoric ester groups is 1. The molecule has 0 fully saturated rings. The van der Waals surface area contributed by atoms with Crippen molar-refractivity contribution in [1.29, 1.82) is 0 Å². The Labute approximate surface area is 297 Å². The lowest BCUT2D eigenvalue weighted by Gasteiger charge is -2.28. The van der Waals surface area contributed by atoms with Crippen molar-refractivity contribution in [2.45, 2.75) is 59.3 Å². The van der Waals surface area contributed by atoms with Gasteiger partial charge in [0.1, 0.15) is 17.2 Å². The Bertz CT molecular complexity index is 1850. The molecule has 50 heavy (non-hydrogen) atoms. The van der Waals surface area contributed by atoms with Crippen molar-refractivity contribution in [2.75, 3.05) is 0 Å². The van der Waals surface area contributed by atoms with Crippen molar-refractivity contribution in [1.82, 2.24) is 0 Å². The Kier molecular flexibility index (Phi) is 10.6. The monoisotopic (exact) mass is 680 g/mol. The van der Waals surface area contributed by atoms with Gasteiger partial charge in [0, 0.05) is 16.7 Å². The van der Waals surface area contributed by atoms with Crippen LogP contribution in [0.25, 0.3) is 33.4 Å². The van der Waals surface area contributed by atoms with E-state index in [0.29, 0.717) is 17.2 Å². The summed E-state index contributed by atoms with van der Waals surface area (Å²) in [6, 6.07) is 48.2. The van der Waals surface area contributed by atoms with Crippen LogP contribution in [0.3, 0.4) is 0 Å². The van der Waals surface area contributed by atoms with Gasteiger partial charge in [-0.05, 0) is 51.1 Å². The smallest absolute Gasteiger partial charge is 0.385 e. The van der Waals surface area contributed by atoms with Gasteiger partial charge in [-0.2, -0.15) is 4.57 Å². The lowest BCUT2D eigenvalue weighted by molar-refractivity contribution is 0.295. The van der Waals surface area contributed by atoms with Gasteiger partial charge in [-0.15, -0.1) is 0 Å². The average molecular weight is 681 g/mol. The fourth-order valence-electron chi connectivity index (χ4n) is 6.26. The molecule has 0 saturated heterocycles. The minimum atomic E-state index is -4.53. The molecule has 0 bridgehead atoms. The minimum absolute atomic E-state index is 0.0628. The van der Waals surface area contributed by atoms with Crippen LogP contribution in [0.15, 0.2) is 146 Å². The first-order chi connectivity index (χ1) is 24.1. The molecule has 0 unspecified atom stereocenters. The van der Waals surface area contributed by atoms with E-state index in [-0.39, 0.29) is 17.8 Å². The number of para-hydroxylation sites is 3. The first kappa shape index (κ1) is 34.8. The second-order valence-corrected chi connectivity index (χ2v) is 14.9. The maximum Gasteiger partial charge on any atom is 0.647 e. The molecule has 6 aromatic rings. The molecular formula is C45H45O4P. The van der Waals surface area contributed by atoms with E-state index in [1.54, 1.807) is 0 Å². The van der Waals surface area contributed by atoms with Gasteiger partial charge in [-0.25, -0.2) is 0 Å². The van der Waals surface area contributed by atoms with Gasteiger partial charge in [-0.1, -0.05) is 187 Å². The second kappa shape index (κ2) is 15.2. The van der Waals surface area contributed by atoms with Gasteiger partial charge < -0.3 is 13.6 Å². The molecule has 0 saturated carbocycles. The standard InChI is InChI=1S/C45H45O4P/c1-31(2)37-25-16-28-40(34-19-10-7-11-20-34)43(37)47-50(46,48-44-38(32(3)4)26-17-29-41(44)35-21-12-8-13-22-35)49-45-39(33(5)6)27-18-30-42(45)36-23-14-9-15-24-36/h7-33H,1-6H3. The van der Waals surface area contributed by atoms with Gasteiger partial charge in [-0.3, -0.25) is 0 Å². The van der Waals surface area contributed by atoms with Crippen LogP contribution < -0.4 is 13.6 Å². The average Bonchev–Trinajstić information content (AvgIpc) is 3.12. The molecular weight excluding hydrogens is 635 g/mol. The fraction of sp³-hybridized carbons (Fsp3) is 0.200. The second-order valence-electron chi connectivity index (χ2n) is 13.5. The molecule has 6 aromatic carbocycles. The molecule has 0 aliphatic heterocycles. The predicted molar refractivity (Wildman–Crippen MR) is 207 cm³/mol.